The molecule has 21 heavy (non-hydrogen) atoms. The molecular formula is C13H10FN3O4. The Morgan fingerprint density at radius 1 is 1.43 bits per heavy atom. The zero-order valence-corrected chi connectivity index (χ0v) is 10.6. The van der Waals surface area contributed by atoms with Gasteiger partial charge in [-0.05, 0) is 12.1 Å². The van der Waals surface area contributed by atoms with E-state index in [1.807, 2.05) is 0 Å². The van der Waals surface area contributed by atoms with Crippen LogP contribution in [0.5, 0.6) is 0 Å². The first kappa shape index (κ1) is 14.4. The van der Waals surface area contributed by atoms with Gasteiger partial charge in [-0.2, -0.15) is 0 Å². The van der Waals surface area contributed by atoms with Crippen molar-refractivity contribution in [2.24, 2.45) is 0 Å². The van der Waals surface area contributed by atoms with Crippen LogP contribution in [0.15, 0.2) is 36.5 Å². The van der Waals surface area contributed by atoms with Gasteiger partial charge in [-0.25, -0.2) is 9.18 Å². The van der Waals surface area contributed by atoms with Gasteiger partial charge in [0.2, 0.25) is 0 Å². The summed E-state index contributed by atoms with van der Waals surface area (Å²) in [6, 6.07) is 6.64. The molecule has 0 unspecified atom stereocenters. The lowest BCUT2D eigenvalue weighted by Gasteiger charge is -2.08. The summed E-state index contributed by atoms with van der Waals surface area (Å²) in [4.78, 5) is 25.0. The molecule has 0 saturated carbocycles. The topological polar surface area (TPSA) is 105 Å². The molecule has 0 spiro atoms. The van der Waals surface area contributed by atoms with Gasteiger partial charge in [-0.15, -0.1) is 0 Å². The van der Waals surface area contributed by atoms with Gasteiger partial charge in [0.05, 0.1) is 17.2 Å². The van der Waals surface area contributed by atoms with Gasteiger partial charge in [0.15, 0.2) is 0 Å². The molecule has 0 amide bonds. The first-order valence-corrected chi connectivity index (χ1v) is 5.84. The van der Waals surface area contributed by atoms with E-state index >= 15 is 0 Å². The van der Waals surface area contributed by atoms with Gasteiger partial charge >= 0.3 is 5.97 Å². The lowest BCUT2D eigenvalue weighted by molar-refractivity contribution is -0.384. The number of hydrogen-bond acceptors (Lipinski definition) is 5. The number of benzene rings is 1. The summed E-state index contributed by atoms with van der Waals surface area (Å²) in [7, 11) is 0. The van der Waals surface area contributed by atoms with Crippen LogP contribution in [0, 0.1) is 15.9 Å². The first-order valence-electron chi connectivity index (χ1n) is 5.84. The zero-order valence-electron chi connectivity index (χ0n) is 10.6. The summed E-state index contributed by atoms with van der Waals surface area (Å²) in [6.45, 7) is 0.146. The van der Waals surface area contributed by atoms with Gasteiger partial charge in [-0.3, -0.25) is 15.1 Å². The van der Waals surface area contributed by atoms with Crippen LogP contribution >= 0.6 is 0 Å². The molecule has 2 N–H and O–H groups in total. The van der Waals surface area contributed by atoms with Crippen LogP contribution in [0.4, 0.5) is 15.8 Å². The minimum Gasteiger partial charge on any atom is -0.478 e. The number of carboxylic acid groups (broad SMARTS) is 1. The van der Waals surface area contributed by atoms with Gasteiger partial charge in [0.25, 0.3) is 5.69 Å². The Morgan fingerprint density at radius 3 is 2.76 bits per heavy atom. The predicted octanol–water partition coefficient (Wildman–Crippen LogP) is 2.44. The van der Waals surface area contributed by atoms with Crippen molar-refractivity contribution in [3.63, 3.8) is 0 Å². The minimum atomic E-state index is -1.56. The average molecular weight is 291 g/mol. The van der Waals surface area contributed by atoms with E-state index in [1.54, 1.807) is 24.4 Å². The molecule has 1 aromatic heterocycles. The third kappa shape index (κ3) is 3.30. The Bertz CT molecular complexity index is 691. The lowest BCUT2D eigenvalue weighted by Crippen LogP contribution is -2.08. The monoisotopic (exact) mass is 291 g/mol. The highest BCUT2D eigenvalue weighted by atomic mass is 19.1. The van der Waals surface area contributed by atoms with Gasteiger partial charge in [0.1, 0.15) is 17.1 Å². The van der Waals surface area contributed by atoms with E-state index in [2.05, 4.69) is 10.3 Å². The van der Waals surface area contributed by atoms with Crippen LogP contribution in [0.25, 0.3) is 0 Å². The largest absolute Gasteiger partial charge is 0.478 e. The fourth-order valence-corrected chi connectivity index (χ4v) is 1.71. The number of pyridine rings is 1. The van der Waals surface area contributed by atoms with E-state index in [1.165, 1.54) is 0 Å². The second-order valence-corrected chi connectivity index (χ2v) is 4.09. The van der Waals surface area contributed by atoms with Gasteiger partial charge < -0.3 is 10.4 Å². The fourth-order valence-electron chi connectivity index (χ4n) is 1.71. The Balaban J connectivity index is 2.32. The van der Waals surface area contributed by atoms with Gasteiger partial charge in [0, 0.05) is 18.3 Å². The molecule has 1 aromatic carbocycles. The number of carbonyl (C=O) groups is 1. The number of nitro benzene ring substituents is 1. The fraction of sp³-hybridized carbons (Fsp3) is 0.0769. The maximum absolute atomic E-state index is 13.6. The highest BCUT2D eigenvalue weighted by Crippen LogP contribution is 2.28. The molecule has 8 heteroatoms. The molecule has 0 radical (unpaired) electrons. The van der Waals surface area contributed by atoms with Crippen LogP contribution < -0.4 is 5.32 Å². The molecule has 2 aromatic rings. The zero-order chi connectivity index (χ0) is 15.4. The van der Waals surface area contributed by atoms with E-state index in [0.717, 1.165) is 6.07 Å². The molecule has 0 aliphatic heterocycles. The molecule has 0 bridgehead atoms. The van der Waals surface area contributed by atoms with Crippen molar-refractivity contribution in [1.82, 2.24) is 4.98 Å². The van der Waals surface area contributed by atoms with Crippen molar-refractivity contribution in [1.29, 1.82) is 0 Å². The number of nitrogens with one attached hydrogen (secondary N) is 1. The Kier molecular flexibility index (Phi) is 4.07. The van der Waals surface area contributed by atoms with Crippen molar-refractivity contribution in [2.45, 2.75) is 6.54 Å². The summed E-state index contributed by atoms with van der Waals surface area (Å²) in [5, 5.41) is 22.4. The normalized spacial score (nSPS) is 10.1. The van der Waals surface area contributed by atoms with E-state index < -0.39 is 28.0 Å². The van der Waals surface area contributed by atoms with E-state index in [-0.39, 0.29) is 12.2 Å². The average Bonchev–Trinajstić information content (AvgIpc) is 2.45. The molecule has 0 atom stereocenters. The molecular weight excluding hydrogens is 281 g/mol. The molecule has 2 rings (SSSR count). The summed E-state index contributed by atoms with van der Waals surface area (Å²) in [6.07, 6.45) is 1.56. The minimum absolute atomic E-state index is 0.104. The lowest BCUT2D eigenvalue weighted by atomic mass is 10.1. The molecule has 0 aliphatic carbocycles. The Labute approximate surface area is 118 Å². The van der Waals surface area contributed by atoms with Crippen LogP contribution in [0.2, 0.25) is 0 Å². The van der Waals surface area contributed by atoms with Crippen molar-refractivity contribution in [2.75, 3.05) is 5.32 Å². The Hall–Kier alpha value is -3.03. The second-order valence-electron chi connectivity index (χ2n) is 4.09. The molecule has 0 aliphatic rings. The quantitative estimate of drug-likeness (QED) is 0.647. The van der Waals surface area contributed by atoms with Crippen LogP contribution in [0.3, 0.4) is 0 Å². The van der Waals surface area contributed by atoms with Crippen LogP contribution in [-0.2, 0) is 6.54 Å². The van der Waals surface area contributed by atoms with Crippen LogP contribution in [-0.4, -0.2) is 21.0 Å². The third-order valence-corrected chi connectivity index (χ3v) is 2.70. The standard InChI is InChI=1S/C13H10FN3O4/c14-10-6-11(16-7-8-3-1-2-4-15-8)12(17(20)21)5-9(10)13(18)19/h1-6,16H,7H2,(H,18,19). The number of nitrogens with zero attached hydrogens (tertiary/aromatic N) is 2. The molecule has 0 saturated heterocycles. The second kappa shape index (κ2) is 5.95. The van der Waals surface area contributed by atoms with Crippen molar-refractivity contribution in [3.05, 3.63) is 63.7 Å². The van der Waals surface area contributed by atoms with Crippen molar-refractivity contribution in [3.8, 4) is 0 Å². The SMILES string of the molecule is O=C(O)c1cc([N+](=O)[O-])c(NCc2ccccn2)cc1F. The van der Waals surface area contributed by atoms with Crippen molar-refractivity contribution >= 4 is 17.3 Å². The summed E-state index contributed by atoms with van der Waals surface area (Å²) in [5.74, 6) is -2.61. The smallest absolute Gasteiger partial charge is 0.338 e. The van der Waals surface area contributed by atoms with E-state index in [0.29, 0.717) is 11.8 Å². The number of aromatic carboxylic acids is 1. The first-order chi connectivity index (χ1) is 9.99. The number of nitro groups is 1. The van der Waals surface area contributed by atoms with Gasteiger partial charge in [-0.1, -0.05) is 6.07 Å². The summed E-state index contributed by atoms with van der Waals surface area (Å²) >= 11 is 0. The third-order valence-electron chi connectivity index (χ3n) is 2.70. The summed E-state index contributed by atoms with van der Waals surface area (Å²) < 4.78 is 13.6. The van der Waals surface area contributed by atoms with E-state index in [9.17, 15) is 19.3 Å². The number of hydrogen-bond donors (Lipinski definition) is 2. The molecule has 108 valence electrons. The maximum Gasteiger partial charge on any atom is 0.338 e. The number of halogens is 1. The molecule has 1 heterocycles. The van der Waals surface area contributed by atoms with Crippen LogP contribution in [0.1, 0.15) is 16.1 Å². The predicted molar refractivity (Wildman–Crippen MR) is 71.6 cm³/mol. The highest BCUT2D eigenvalue weighted by molar-refractivity contribution is 5.90. The molecule has 7 nitrogen and oxygen atoms in total. The number of aromatic nitrogens is 1. The van der Waals surface area contributed by atoms with Crippen molar-refractivity contribution < 1.29 is 19.2 Å². The maximum atomic E-state index is 13.6. The summed E-state index contributed by atoms with van der Waals surface area (Å²) in [5.41, 5.74) is -0.752. The molecule has 0 fully saturated rings. The number of rotatable bonds is 5. The number of carboxylic acids is 1. The number of anilines is 1. The Morgan fingerprint density at radius 2 is 2.19 bits per heavy atom. The highest BCUT2D eigenvalue weighted by Gasteiger charge is 2.21. The van der Waals surface area contributed by atoms with E-state index in [4.69, 9.17) is 5.11 Å².